The molecule has 0 aliphatic carbocycles. The fraction of sp³-hybridized carbons (Fsp3) is 0.714. The van der Waals surface area contributed by atoms with Crippen LogP contribution in [0.1, 0.15) is 6.42 Å². The molecule has 0 spiro atoms. The average Bonchev–Trinajstić information content (AvgIpc) is 2.75. The third-order valence-corrected chi connectivity index (χ3v) is 2.88. The summed E-state index contributed by atoms with van der Waals surface area (Å²) in [4.78, 5) is 10.4. The van der Waals surface area contributed by atoms with Crippen molar-refractivity contribution in [3.63, 3.8) is 0 Å². The van der Waals surface area contributed by atoms with E-state index >= 15 is 0 Å². The van der Waals surface area contributed by atoms with Crippen molar-refractivity contribution in [2.45, 2.75) is 11.8 Å². The Morgan fingerprint density at radius 1 is 1.67 bits per heavy atom. The van der Waals surface area contributed by atoms with Crippen LogP contribution in [0.5, 0.6) is 0 Å². The van der Waals surface area contributed by atoms with Crippen molar-refractivity contribution in [1.29, 1.82) is 0 Å². The average molecular weight is 185 g/mol. The Labute approximate surface area is 75.3 Å². The second kappa shape index (κ2) is 3.45. The molecular formula is C7H11N3OS. The summed E-state index contributed by atoms with van der Waals surface area (Å²) in [5.41, 5.74) is 0. The summed E-state index contributed by atoms with van der Waals surface area (Å²) in [6, 6.07) is 0. The highest BCUT2D eigenvalue weighted by atomic mass is 32.2. The molecule has 12 heavy (non-hydrogen) atoms. The van der Waals surface area contributed by atoms with Crippen LogP contribution in [0.25, 0.3) is 0 Å². The third kappa shape index (κ3) is 1.47. The Kier molecular flexibility index (Phi) is 2.32. The molecule has 2 rings (SSSR count). The van der Waals surface area contributed by atoms with E-state index in [9.17, 15) is 4.79 Å². The smallest absolute Gasteiger partial charge is 0.154 e. The van der Waals surface area contributed by atoms with E-state index in [-0.39, 0.29) is 5.37 Å². The second-order valence-corrected chi connectivity index (χ2v) is 3.87. The molecule has 2 aliphatic rings. The lowest BCUT2D eigenvalue weighted by Gasteiger charge is -2.08. The lowest BCUT2D eigenvalue weighted by molar-refractivity contribution is -0.107. The maximum atomic E-state index is 10.4. The van der Waals surface area contributed by atoms with E-state index in [0.29, 0.717) is 5.92 Å². The molecule has 4 nitrogen and oxygen atoms in total. The molecule has 2 N–H and O–H groups in total. The fourth-order valence-electron chi connectivity index (χ4n) is 1.45. The number of carbonyl (C=O) groups excluding carboxylic acids is 1. The van der Waals surface area contributed by atoms with Gasteiger partial charge in [-0.05, 0) is 13.0 Å². The molecule has 0 saturated carbocycles. The summed E-state index contributed by atoms with van der Waals surface area (Å²) in [7, 11) is 0. The van der Waals surface area contributed by atoms with Gasteiger partial charge in [0.15, 0.2) is 11.7 Å². The molecule has 0 bridgehead atoms. The molecule has 0 aromatic carbocycles. The van der Waals surface area contributed by atoms with Gasteiger partial charge in [-0.3, -0.25) is 0 Å². The Morgan fingerprint density at radius 3 is 3.17 bits per heavy atom. The molecule has 2 heterocycles. The van der Waals surface area contributed by atoms with Crippen LogP contribution in [0, 0.1) is 5.92 Å². The van der Waals surface area contributed by atoms with E-state index in [1.807, 2.05) is 0 Å². The predicted octanol–water partition coefficient (Wildman–Crippen LogP) is -0.229. The van der Waals surface area contributed by atoms with Crippen LogP contribution in [0.4, 0.5) is 0 Å². The quantitative estimate of drug-likeness (QED) is 0.461. The normalized spacial score (nSPS) is 34.5. The lowest BCUT2D eigenvalue weighted by atomic mass is 10.1. The van der Waals surface area contributed by atoms with Crippen LogP contribution in [-0.2, 0) is 4.79 Å². The van der Waals surface area contributed by atoms with Crippen molar-refractivity contribution >= 4 is 24.1 Å². The molecule has 0 aromatic heterocycles. The van der Waals surface area contributed by atoms with Gasteiger partial charge in [-0.25, -0.2) is 4.40 Å². The molecule has 0 aromatic rings. The Hall–Kier alpha value is -0.550. The molecular weight excluding hydrogens is 174 g/mol. The van der Waals surface area contributed by atoms with E-state index < -0.39 is 0 Å². The molecule has 1 fully saturated rings. The predicted molar refractivity (Wildman–Crippen MR) is 49.0 cm³/mol. The number of aldehydes is 1. The van der Waals surface area contributed by atoms with Gasteiger partial charge < -0.3 is 15.4 Å². The summed E-state index contributed by atoms with van der Waals surface area (Å²) in [6.07, 6.45) is 2.02. The minimum atomic E-state index is -0.152. The van der Waals surface area contributed by atoms with E-state index in [1.54, 1.807) is 0 Å². The molecule has 1 saturated heterocycles. The summed E-state index contributed by atoms with van der Waals surface area (Å²) >= 11 is 1.32. The van der Waals surface area contributed by atoms with Crippen LogP contribution >= 0.6 is 11.9 Å². The highest BCUT2D eigenvalue weighted by Gasteiger charge is 2.26. The number of amidine groups is 1. The van der Waals surface area contributed by atoms with Crippen LogP contribution < -0.4 is 10.6 Å². The summed E-state index contributed by atoms with van der Waals surface area (Å²) in [6.45, 7) is 2.04. The van der Waals surface area contributed by atoms with Gasteiger partial charge in [0.25, 0.3) is 0 Å². The molecule has 2 aliphatic heterocycles. The zero-order valence-corrected chi connectivity index (χ0v) is 7.43. The minimum absolute atomic E-state index is 0.152. The molecule has 5 heteroatoms. The standard InChI is InChI=1S/C7H11N3OS/c11-4-6-9-7(10-12-6)5-1-2-8-3-5/h4-6,8H,1-3H2,(H,9,10)/t5?,6-/m1/s1. The molecule has 0 radical (unpaired) electrons. The maximum absolute atomic E-state index is 10.4. The summed E-state index contributed by atoms with van der Waals surface area (Å²) in [5.74, 6) is 1.48. The first-order valence-electron chi connectivity index (χ1n) is 4.06. The van der Waals surface area contributed by atoms with Gasteiger partial charge in [0.1, 0.15) is 5.84 Å². The van der Waals surface area contributed by atoms with Crippen molar-refractivity contribution in [3.05, 3.63) is 0 Å². The number of hydrogen-bond donors (Lipinski definition) is 2. The highest BCUT2D eigenvalue weighted by Crippen LogP contribution is 2.20. The first-order valence-corrected chi connectivity index (χ1v) is 4.90. The van der Waals surface area contributed by atoms with Gasteiger partial charge in [0, 0.05) is 24.4 Å². The van der Waals surface area contributed by atoms with Crippen molar-refractivity contribution in [3.8, 4) is 0 Å². The zero-order chi connectivity index (χ0) is 8.39. The maximum Gasteiger partial charge on any atom is 0.154 e. The Bertz CT molecular complexity index is 213. The van der Waals surface area contributed by atoms with Gasteiger partial charge in [-0.2, -0.15) is 0 Å². The van der Waals surface area contributed by atoms with Gasteiger partial charge in [0.05, 0.1) is 0 Å². The largest absolute Gasteiger partial charge is 0.353 e. The van der Waals surface area contributed by atoms with Crippen molar-refractivity contribution in [2.75, 3.05) is 13.1 Å². The van der Waals surface area contributed by atoms with Crippen molar-refractivity contribution in [1.82, 2.24) is 10.6 Å². The van der Waals surface area contributed by atoms with E-state index in [4.69, 9.17) is 0 Å². The lowest BCUT2D eigenvalue weighted by Crippen LogP contribution is -2.34. The Morgan fingerprint density at radius 2 is 2.58 bits per heavy atom. The molecule has 66 valence electrons. The molecule has 1 unspecified atom stereocenters. The first kappa shape index (κ1) is 8.07. The third-order valence-electron chi connectivity index (χ3n) is 2.13. The zero-order valence-electron chi connectivity index (χ0n) is 6.62. The topological polar surface area (TPSA) is 53.5 Å². The molecule has 0 amide bonds. The van der Waals surface area contributed by atoms with Crippen molar-refractivity contribution in [2.24, 2.45) is 10.3 Å². The highest BCUT2D eigenvalue weighted by molar-refractivity contribution is 7.99. The second-order valence-electron chi connectivity index (χ2n) is 2.97. The number of carbonyl (C=O) groups is 1. The monoisotopic (exact) mass is 185 g/mol. The summed E-state index contributed by atoms with van der Waals surface area (Å²) in [5, 5.41) is 6.20. The summed E-state index contributed by atoms with van der Waals surface area (Å²) < 4.78 is 4.22. The number of hydrogen-bond acceptors (Lipinski definition) is 5. The van der Waals surface area contributed by atoms with Crippen LogP contribution in [0.2, 0.25) is 0 Å². The van der Waals surface area contributed by atoms with Crippen LogP contribution in [-0.4, -0.2) is 30.6 Å². The molecule has 2 atom stereocenters. The fourth-order valence-corrected chi connectivity index (χ4v) is 2.10. The van der Waals surface area contributed by atoms with E-state index in [1.165, 1.54) is 11.9 Å². The Balaban J connectivity index is 1.93. The van der Waals surface area contributed by atoms with Crippen LogP contribution in [0.3, 0.4) is 0 Å². The number of nitrogens with one attached hydrogen (secondary N) is 2. The van der Waals surface area contributed by atoms with Crippen LogP contribution in [0.15, 0.2) is 4.40 Å². The number of nitrogens with zero attached hydrogens (tertiary/aromatic N) is 1. The van der Waals surface area contributed by atoms with Crippen molar-refractivity contribution < 1.29 is 4.79 Å². The SMILES string of the molecule is O=C[C@@H]1NC(C2CCNC2)=NS1. The van der Waals surface area contributed by atoms with E-state index in [0.717, 1.165) is 31.6 Å². The van der Waals surface area contributed by atoms with Gasteiger partial charge in [-0.15, -0.1) is 0 Å². The van der Waals surface area contributed by atoms with Gasteiger partial charge >= 0.3 is 0 Å². The van der Waals surface area contributed by atoms with Gasteiger partial charge in [-0.1, -0.05) is 0 Å². The minimum Gasteiger partial charge on any atom is -0.353 e. The van der Waals surface area contributed by atoms with Gasteiger partial charge in [0.2, 0.25) is 0 Å². The van der Waals surface area contributed by atoms with E-state index in [2.05, 4.69) is 15.0 Å². The first-order chi connectivity index (χ1) is 5.90. The number of rotatable bonds is 2.